The third kappa shape index (κ3) is 5.03. The van der Waals surface area contributed by atoms with Crippen LogP contribution in [0.5, 0.6) is 0 Å². The number of nitrogens with zero attached hydrogens (tertiary/aromatic N) is 4. The average Bonchev–Trinajstić information content (AvgIpc) is 3.58. The summed E-state index contributed by atoms with van der Waals surface area (Å²) in [6, 6.07) is 3.97. The molecule has 3 aromatic rings. The zero-order valence-electron chi connectivity index (χ0n) is 21.5. The quantitative estimate of drug-likeness (QED) is 0.454. The van der Waals surface area contributed by atoms with Crippen LogP contribution >= 0.6 is 0 Å². The van der Waals surface area contributed by atoms with Crippen molar-refractivity contribution in [1.29, 1.82) is 0 Å². The Morgan fingerprint density at radius 3 is 2.70 bits per heavy atom. The fraction of sp³-hybridized carbons (Fsp3) is 0.462. The van der Waals surface area contributed by atoms with Crippen LogP contribution in [0, 0.1) is 17.5 Å². The van der Waals surface area contributed by atoms with Crippen LogP contribution in [0.15, 0.2) is 46.6 Å². The molecule has 40 heavy (non-hydrogen) atoms. The van der Waals surface area contributed by atoms with E-state index in [9.17, 15) is 23.1 Å². The minimum atomic E-state index is -1.58. The average molecular weight is 562 g/mol. The number of pyridine rings is 1. The fourth-order valence-corrected chi connectivity index (χ4v) is 5.31. The highest BCUT2D eigenvalue weighted by Crippen LogP contribution is 2.40. The second kappa shape index (κ2) is 10.1. The van der Waals surface area contributed by atoms with E-state index in [1.54, 1.807) is 19.9 Å². The lowest BCUT2D eigenvalue weighted by Gasteiger charge is -2.50. The van der Waals surface area contributed by atoms with Crippen molar-refractivity contribution in [3.63, 3.8) is 0 Å². The molecule has 3 aliphatic rings. The normalized spacial score (nSPS) is 29.5. The van der Waals surface area contributed by atoms with E-state index in [0.717, 1.165) is 12.1 Å². The summed E-state index contributed by atoms with van der Waals surface area (Å²) in [5, 5.41) is 23.8. The number of benzene rings is 1. The van der Waals surface area contributed by atoms with Crippen LogP contribution in [0.2, 0.25) is 0 Å². The molecule has 14 heteroatoms. The van der Waals surface area contributed by atoms with Gasteiger partial charge in [0.15, 0.2) is 23.2 Å². The number of aromatic nitrogens is 4. The SMILES string of the molecule is CC1(C)OC[C@H]2O[C@H](C[C@H]3CC(c4cc[nH]c(=O)c4)=NO3)[C@H](O)[C@@H](n3cc(-c4cc(F)c(F)c(F)c4)nn3)[C@H]2O1. The largest absolute Gasteiger partial charge is 0.392 e. The maximum Gasteiger partial charge on any atom is 0.248 e. The van der Waals surface area contributed by atoms with Crippen molar-refractivity contribution in [1.82, 2.24) is 20.0 Å². The van der Waals surface area contributed by atoms with Crippen molar-refractivity contribution in [2.24, 2.45) is 5.16 Å². The Hall–Kier alpha value is -3.59. The maximum absolute atomic E-state index is 13.9. The number of aromatic amines is 1. The number of nitrogens with one attached hydrogen (secondary N) is 1. The van der Waals surface area contributed by atoms with E-state index in [4.69, 9.17) is 19.0 Å². The molecule has 3 aliphatic heterocycles. The van der Waals surface area contributed by atoms with Gasteiger partial charge in [-0.25, -0.2) is 17.9 Å². The van der Waals surface area contributed by atoms with Crippen molar-refractivity contribution >= 4 is 5.71 Å². The lowest BCUT2D eigenvalue weighted by Crippen LogP contribution is -2.62. The van der Waals surface area contributed by atoms with E-state index < -0.39 is 59.8 Å². The fourth-order valence-electron chi connectivity index (χ4n) is 5.31. The van der Waals surface area contributed by atoms with Gasteiger partial charge >= 0.3 is 0 Å². The molecule has 2 aromatic heterocycles. The van der Waals surface area contributed by atoms with Crippen molar-refractivity contribution in [3.8, 4) is 11.3 Å². The minimum absolute atomic E-state index is 0.0192. The number of halogens is 3. The van der Waals surface area contributed by atoms with Gasteiger partial charge in [0.2, 0.25) is 5.56 Å². The number of oxime groups is 1. The van der Waals surface area contributed by atoms with Crippen molar-refractivity contribution in [3.05, 3.63) is 70.0 Å². The van der Waals surface area contributed by atoms with E-state index in [0.29, 0.717) is 17.7 Å². The molecule has 0 saturated carbocycles. The van der Waals surface area contributed by atoms with Gasteiger partial charge in [0.25, 0.3) is 0 Å². The molecule has 11 nitrogen and oxygen atoms in total. The Morgan fingerprint density at radius 2 is 1.95 bits per heavy atom. The molecule has 2 fully saturated rings. The van der Waals surface area contributed by atoms with Gasteiger partial charge in [0, 0.05) is 36.2 Å². The first-order valence-electron chi connectivity index (χ1n) is 12.7. The number of aliphatic hydroxyl groups is 1. The summed E-state index contributed by atoms with van der Waals surface area (Å²) < 4.78 is 60.7. The Labute approximate surface area is 225 Å². The second-order valence-electron chi connectivity index (χ2n) is 10.5. The summed E-state index contributed by atoms with van der Waals surface area (Å²) in [6.07, 6.45) is -0.0910. The molecule has 0 unspecified atom stereocenters. The highest BCUT2D eigenvalue weighted by Gasteiger charge is 2.52. The molecule has 1 aromatic carbocycles. The number of H-pyrrole nitrogens is 1. The summed E-state index contributed by atoms with van der Waals surface area (Å²) in [6.45, 7) is 3.64. The van der Waals surface area contributed by atoms with Crippen molar-refractivity contribution in [2.45, 2.75) is 69.0 Å². The summed E-state index contributed by atoms with van der Waals surface area (Å²) in [4.78, 5) is 19.8. The van der Waals surface area contributed by atoms with Gasteiger partial charge in [-0.3, -0.25) is 4.79 Å². The van der Waals surface area contributed by atoms with Gasteiger partial charge < -0.3 is 29.1 Å². The molecular formula is C26H26F3N5O6. The Bertz CT molecular complexity index is 1490. The minimum Gasteiger partial charge on any atom is -0.392 e. The van der Waals surface area contributed by atoms with Gasteiger partial charge in [-0.15, -0.1) is 5.10 Å². The molecule has 0 aliphatic carbocycles. The monoisotopic (exact) mass is 561 g/mol. The number of fused-ring (bicyclic) bond motifs is 1. The van der Waals surface area contributed by atoms with Crippen molar-refractivity contribution < 1.29 is 37.3 Å². The van der Waals surface area contributed by atoms with E-state index in [1.165, 1.54) is 23.1 Å². The zero-order valence-corrected chi connectivity index (χ0v) is 21.5. The van der Waals surface area contributed by atoms with E-state index >= 15 is 0 Å². The van der Waals surface area contributed by atoms with Gasteiger partial charge in [-0.1, -0.05) is 10.4 Å². The van der Waals surface area contributed by atoms with Gasteiger partial charge in [-0.2, -0.15) is 0 Å². The van der Waals surface area contributed by atoms with Crippen LogP contribution in [0.3, 0.4) is 0 Å². The molecule has 5 heterocycles. The number of aliphatic hydroxyl groups excluding tert-OH is 1. The lowest BCUT2D eigenvalue weighted by atomic mass is 9.88. The Balaban J connectivity index is 1.25. The van der Waals surface area contributed by atoms with Crippen LogP contribution in [0.4, 0.5) is 13.2 Å². The molecular weight excluding hydrogens is 535 g/mol. The number of ether oxygens (including phenoxy) is 3. The molecule has 0 amide bonds. The molecule has 2 N–H and O–H groups in total. The highest BCUT2D eigenvalue weighted by molar-refractivity contribution is 6.01. The van der Waals surface area contributed by atoms with E-state index in [-0.39, 0.29) is 29.8 Å². The van der Waals surface area contributed by atoms with E-state index in [1.807, 2.05) is 0 Å². The Kier molecular flexibility index (Phi) is 6.73. The third-order valence-electron chi connectivity index (χ3n) is 7.23. The number of hydrogen-bond donors (Lipinski definition) is 2. The topological polar surface area (TPSA) is 133 Å². The molecule has 6 rings (SSSR count). The first-order chi connectivity index (χ1) is 19.1. The van der Waals surface area contributed by atoms with Gasteiger partial charge in [0.1, 0.15) is 36.2 Å². The van der Waals surface area contributed by atoms with Crippen LogP contribution in [0.25, 0.3) is 11.3 Å². The molecule has 0 spiro atoms. The summed E-state index contributed by atoms with van der Waals surface area (Å²) >= 11 is 0. The van der Waals surface area contributed by atoms with Crippen molar-refractivity contribution in [2.75, 3.05) is 6.61 Å². The van der Waals surface area contributed by atoms with Gasteiger partial charge in [-0.05, 0) is 32.0 Å². The first kappa shape index (κ1) is 26.6. The van der Waals surface area contributed by atoms with Crippen LogP contribution in [0.1, 0.15) is 38.3 Å². The number of rotatable bonds is 5. The van der Waals surface area contributed by atoms with Crippen LogP contribution in [-0.4, -0.2) is 73.7 Å². The van der Waals surface area contributed by atoms with Crippen LogP contribution < -0.4 is 5.56 Å². The zero-order chi connectivity index (χ0) is 28.2. The molecule has 6 atom stereocenters. The smallest absolute Gasteiger partial charge is 0.248 e. The third-order valence-corrected chi connectivity index (χ3v) is 7.23. The molecule has 212 valence electrons. The second-order valence-corrected chi connectivity index (χ2v) is 10.5. The lowest BCUT2D eigenvalue weighted by molar-refractivity contribution is -0.349. The highest BCUT2D eigenvalue weighted by atomic mass is 19.2. The van der Waals surface area contributed by atoms with Gasteiger partial charge in [0.05, 0.1) is 24.6 Å². The van der Waals surface area contributed by atoms with Crippen LogP contribution in [-0.2, 0) is 19.0 Å². The number of hydrogen-bond acceptors (Lipinski definition) is 9. The summed E-state index contributed by atoms with van der Waals surface area (Å²) in [7, 11) is 0. The maximum atomic E-state index is 13.9. The predicted octanol–water partition coefficient (Wildman–Crippen LogP) is 2.45. The molecule has 2 saturated heterocycles. The summed E-state index contributed by atoms with van der Waals surface area (Å²) in [5.74, 6) is -5.28. The predicted molar refractivity (Wildman–Crippen MR) is 132 cm³/mol. The molecule has 0 radical (unpaired) electrons. The standard InChI is InChI=1S/C26H26F3N5O6/c1-26(2)37-11-20-25(39-26)23(34-10-18(31-33-34)13-5-15(27)22(29)16(28)6-13)24(36)19(38-20)9-14-8-17(32-40-14)12-3-4-30-21(35)7-12/h3-7,10,14,19-20,23-25,36H,8-9,11H2,1-2H3,(H,30,35)/t14-,19-,20-,23-,24+,25+/m1/s1. The Morgan fingerprint density at radius 1 is 1.18 bits per heavy atom. The summed E-state index contributed by atoms with van der Waals surface area (Å²) in [5.41, 5.74) is 1.03. The molecule has 0 bridgehead atoms. The van der Waals surface area contributed by atoms with E-state index in [2.05, 4.69) is 20.5 Å². The first-order valence-corrected chi connectivity index (χ1v) is 12.7.